The first kappa shape index (κ1) is 19.8. The van der Waals surface area contributed by atoms with Crippen molar-refractivity contribution in [2.45, 2.75) is 71.1 Å². The summed E-state index contributed by atoms with van der Waals surface area (Å²) in [7, 11) is -0.369. The molecule has 3 rings (SSSR count). The Bertz CT molecular complexity index is 567. The van der Waals surface area contributed by atoms with Gasteiger partial charge in [0.2, 0.25) is 0 Å². The summed E-state index contributed by atoms with van der Waals surface area (Å²) in [6, 6.07) is 8.13. The molecule has 2 aliphatic rings. The van der Waals surface area contributed by atoms with E-state index in [1.165, 1.54) is 6.42 Å². The molecule has 0 saturated carbocycles. The van der Waals surface area contributed by atoms with Crippen LogP contribution in [-0.2, 0) is 30.1 Å². The highest BCUT2D eigenvalue weighted by Crippen LogP contribution is 2.36. The van der Waals surface area contributed by atoms with Crippen molar-refractivity contribution in [1.82, 2.24) is 0 Å². The van der Waals surface area contributed by atoms with Crippen molar-refractivity contribution < 1.29 is 23.5 Å². The molecule has 0 N–H and O–H groups in total. The zero-order valence-electron chi connectivity index (χ0n) is 16.5. The summed E-state index contributed by atoms with van der Waals surface area (Å²) in [6.45, 7) is 10.7. The van der Waals surface area contributed by atoms with Crippen LogP contribution in [0.2, 0.25) is 0 Å². The van der Waals surface area contributed by atoms with Gasteiger partial charge in [0.25, 0.3) is 0 Å². The molecule has 0 radical (unpaired) electrons. The molecular weight excluding hydrogens is 331 g/mol. The van der Waals surface area contributed by atoms with Crippen LogP contribution in [0, 0.1) is 0 Å². The fraction of sp³-hybridized carbons (Fsp3) is 0.700. The highest BCUT2D eigenvalue weighted by molar-refractivity contribution is 6.62. The summed E-state index contributed by atoms with van der Waals surface area (Å²) in [4.78, 5) is 0. The van der Waals surface area contributed by atoms with E-state index in [4.69, 9.17) is 23.5 Å². The van der Waals surface area contributed by atoms with Gasteiger partial charge in [0.1, 0.15) is 0 Å². The minimum Gasteiger partial charge on any atom is -0.399 e. The molecule has 1 aromatic rings. The molecule has 1 atom stereocenters. The van der Waals surface area contributed by atoms with E-state index in [0.717, 1.165) is 30.5 Å². The molecule has 144 valence electrons. The molecule has 26 heavy (non-hydrogen) atoms. The molecule has 2 aliphatic heterocycles. The average Bonchev–Trinajstić information content (AvgIpc) is 2.83. The maximum atomic E-state index is 6.18. The van der Waals surface area contributed by atoms with Gasteiger partial charge in [-0.2, -0.15) is 0 Å². The third kappa shape index (κ3) is 4.67. The van der Waals surface area contributed by atoms with Gasteiger partial charge >= 0.3 is 7.12 Å². The molecule has 2 saturated heterocycles. The minimum absolute atomic E-state index is 0.0654. The van der Waals surface area contributed by atoms with Gasteiger partial charge in [-0.3, -0.25) is 0 Å². The summed E-state index contributed by atoms with van der Waals surface area (Å²) >= 11 is 0. The SMILES string of the molecule is CC1(C)OB(c2ccccc2COCCOC2CCCCO2)OC1(C)C. The van der Waals surface area contributed by atoms with E-state index in [0.29, 0.717) is 19.8 Å². The van der Waals surface area contributed by atoms with Gasteiger partial charge in [-0.05, 0) is 58.0 Å². The Morgan fingerprint density at radius 1 is 1.04 bits per heavy atom. The van der Waals surface area contributed by atoms with E-state index in [1.54, 1.807) is 0 Å². The fourth-order valence-corrected chi connectivity index (χ4v) is 3.13. The first-order chi connectivity index (χ1) is 12.4. The quantitative estimate of drug-likeness (QED) is 0.551. The Balaban J connectivity index is 1.50. The predicted molar refractivity (Wildman–Crippen MR) is 101 cm³/mol. The van der Waals surface area contributed by atoms with Gasteiger partial charge in [0.05, 0.1) is 31.0 Å². The molecule has 2 fully saturated rings. The topological polar surface area (TPSA) is 46.2 Å². The smallest absolute Gasteiger partial charge is 0.399 e. The normalized spacial score (nSPS) is 24.8. The van der Waals surface area contributed by atoms with Crippen molar-refractivity contribution in [1.29, 1.82) is 0 Å². The van der Waals surface area contributed by atoms with Crippen LogP contribution in [0.1, 0.15) is 52.5 Å². The highest BCUT2D eigenvalue weighted by Gasteiger charge is 2.52. The second-order valence-corrected chi connectivity index (χ2v) is 8.01. The van der Waals surface area contributed by atoms with Crippen molar-refractivity contribution >= 4 is 12.6 Å². The van der Waals surface area contributed by atoms with Crippen LogP contribution < -0.4 is 5.46 Å². The summed E-state index contributed by atoms with van der Waals surface area (Å²) < 4.78 is 29.4. The largest absolute Gasteiger partial charge is 0.495 e. The number of benzene rings is 1. The van der Waals surface area contributed by atoms with Crippen LogP contribution in [0.5, 0.6) is 0 Å². The standard InChI is InChI=1S/C20H31BO5/c1-19(2)20(3,4)26-21(25-19)17-10-6-5-9-16(17)15-22-13-14-24-18-11-7-8-12-23-18/h5-6,9-10,18H,7-8,11-15H2,1-4H3. The van der Waals surface area contributed by atoms with E-state index >= 15 is 0 Å². The van der Waals surface area contributed by atoms with Gasteiger partial charge in [-0.15, -0.1) is 0 Å². The number of ether oxygens (including phenoxy) is 3. The van der Waals surface area contributed by atoms with Crippen molar-refractivity contribution in [2.75, 3.05) is 19.8 Å². The number of hydrogen-bond donors (Lipinski definition) is 0. The molecule has 0 amide bonds. The van der Waals surface area contributed by atoms with Crippen molar-refractivity contribution in [2.24, 2.45) is 0 Å². The Morgan fingerprint density at radius 3 is 2.46 bits per heavy atom. The van der Waals surface area contributed by atoms with Crippen molar-refractivity contribution in [3.05, 3.63) is 29.8 Å². The lowest BCUT2D eigenvalue weighted by atomic mass is 9.76. The van der Waals surface area contributed by atoms with Crippen molar-refractivity contribution in [3.63, 3.8) is 0 Å². The van der Waals surface area contributed by atoms with E-state index in [-0.39, 0.29) is 24.6 Å². The Hall–Kier alpha value is -0.915. The number of hydrogen-bond acceptors (Lipinski definition) is 5. The van der Waals surface area contributed by atoms with Gasteiger partial charge in [-0.25, -0.2) is 0 Å². The average molecular weight is 362 g/mol. The van der Waals surface area contributed by atoms with Crippen LogP contribution in [-0.4, -0.2) is 44.4 Å². The van der Waals surface area contributed by atoms with Crippen LogP contribution in [0.4, 0.5) is 0 Å². The third-order valence-corrected chi connectivity index (χ3v) is 5.49. The molecule has 0 aliphatic carbocycles. The molecule has 5 nitrogen and oxygen atoms in total. The Morgan fingerprint density at radius 2 is 1.77 bits per heavy atom. The second-order valence-electron chi connectivity index (χ2n) is 8.01. The molecule has 0 aromatic heterocycles. The van der Waals surface area contributed by atoms with Gasteiger partial charge < -0.3 is 23.5 Å². The zero-order chi connectivity index (χ0) is 18.6. The lowest BCUT2D eigenvalue weighted by molar-refractivity contribution is -0.169. The van der Waals surface area contributed by atoms with Crippen LogP contribution in [0.3, 0.4) is 0 Å². The summed E-state index contributed by atoms with van der Waals surface area (Å²) in [5.41, 5.74) is 1.42. The first-order valence-electron chi connectivity index (χ1n) is 9.63. The molecule has 6 heteroatoms. The fourth-order valence-electron chi connectivity index (χ4n) is 3.13. The minimum atomic E-state index is -0.369. The monoisotopic (exact) mass is 362 g/mol. The predicted octanol–water partition coefficient (Wildman–Crippen LogP) is 3.05. The second kappa shape index (κ2) is 8.40. The molecule has 0 spiro atoms. The van der Waals surface area contributed by atoms with Gasteiger partial charge in [0.15, 0.2) is 6.29 Å². The molecule has 1 unspecified atom stereocenters. The lowest BCUT2D eigenvalue weighted by Gasteiger charge is -2.32. The summed E-state index contributed by atoms with van der Waals surface area (Å²) in [5.74, 6) is 0. The van der Waals surface area contributed by atoms with E-state index in [9.17, 15) is 0 Å². The first-order valence-corrected chi connectivity index (χ1v) is 9.63. The van der Waals surface area contributed by atoms with Crippen LogP contribution in [0.25, 0.3) is 0 Å². The van der Waals surface area contributed by atoms with Gasteiger partial charge in [-0.1, -0.05) is 24.3 Å². The Labute approximate surface area is 157 Å². The molecule has 2 heterocycles. The Kier molecular flexibility index (Phi) is 6.41. The maximum absolute atomic E-state index is 6.18. The third-order valence-electron chi connectivity index (χ3n) is 5.49. The van der Waals surface area contributed by atoms with Crippen LogP contribution >= 0.6 is 0 Å². The molecule has 0 bridgehead atoms. The van der Waals surface area contributed by atoms with E-state index < -0.39 is 0 Å². The molecule has 1 aromatic carbocycles. The number of rotatable bonds is 7. The van der Waals surface area contributed by atoms with E-state index in [2.05, 4.69) is 33.8 Å². The zero-order valence-corrected chi connectivity index (χ0v) is 16.5. The highest BCUT2D eigenvalue weighted by atomic mass is 16.7. The molecular formula is C20H31BO5. The van der Waals surface area contributed by atoms with Crippen molar-refractivity contribution in [3.8, 4) is 0 Å². The van der Waals surface area contributed by atoms with Crippen LogP contribution in [0.15, 0.2) is 24.3 Å². The van der Waals surface area contributed by atoms with Gasteiger partial charge in [0, 0.05) is 6.61 Å². The lowest BCUT2D eigenvalue weighted by Crippen LogP contribution is -2.41. The summed E-state index contributed by atoms with van der Waals surface area (Å²) in [5, 5.41) is 0. The summed E-state index contributed by atoms with van der Waals surface area (Å²) in [6.07, 6.45) is 3.22. The van der Waals surface area contributed by atoms with E-state index in [1.807, 2.05) is 18.2 Å². The maximum Gasteiger partial charge on any atom is 0.495 e.